The summed E-state index contributed by atoms with van der Waals surface area (Å²) in [5, 5.41) is 10.9. The lowest BCUT2D eigenvalue weighted by Crippen LogP contribution is -2.44. The van der Waals surface area contributed by atoms with E-state index in [1.807, 2.05) is 0 Å². The molecular weight excluding hydrogens is 474 g/mol. The topological polar surface area (TPSA) is 97.1 Å². The standard InChI is InChI=1S/C22H23ClF2N4O5/c1-11-10-27(3)16(20(30)28(4)33-5)8-15(11)29-12(2)6-17(18(23)21(29)31)34-22(32)19-14(25)7-13(24)9-26-19/h6-10,16,22,32H,1-5H3. The summed E-state index contributed by atoms with van der Waals surface area (Å²) in [5.41, 5.74) is 0.202. The first-order valence-corrected chi connectivity index (χ1v) is 10.4. The predicted molar refractivity (Wildman–Crippen MR) is 120 cm³/mol. The van der Waals surface area contributed by atoms with Crippen LogP contribution in [0, 0.1) is 18.6 Å². The van der Waals surface area contributed by atoms with Crippen molar-refractivity contribution in [1.82, 2.24) is 19.5 Å². The van der Waals surface area contributed by atoms with Crippen LogP contribution in [0.25, 0.3) is 5.70 Å². The molecule has 0 fully saturated rings. The molecular formula is C22H23ClF2N4O5. The quantitative estimate of drug-likeness (QED) is 0.485. The molecule has 182 valence electrons. The molecule has 3 rings (SSSR count). The number of aliphatic hydroxyl groups is 1. The Morgan fingerprint density at radius 1 is 1.32 bits per heavy atom. The van der Waals surface area contributed by atoms with Gasteiger partial charge in [-0.25, -0.2) is 18.8 Å². The van der Waals surface area contributed by atoms with Crippen molar-refractivity contribution in [3.05, 3.63) is 74.6 Å². The van der Waals surface area contributed by atoms with Gasteiger partial charge in [-0.3, -0.25) is 19.0 Å². The van der Waals surface area contributed by atoms with Gasteiger partial charge in [-0.2, -0.15) is 0 Å². The number of likely N-dealkylation sites (N-methyl/N-ethyl adjacent to an activating group) is 2. The predicted octanol–water partition coefficient (Wildman–Crippen LogP) is 2.63. The minimum atomic E-state index is -1.94. The molecule has 2 aromatic heterocycles. The maximum absolute atomic E-state index is 13.9. The molecule has 0 aliphatic carbocycles. The Morgan fingerprint density at radius 3 is 2.62 bits per heavy atom. The second-order valence-electron chi connectivity index (χ2n) is 7.59. The molecule has 1 aliphatic rings. The Labute approximate surface area is 199 Å². The van der Waals surface area contributed by atoms with Gasteiger partial charge in [0.15, 0.2) is 5.82 Å². The smallest absolute Gasteiger partial charge is 0.277 e. The monoisotopic (exact) mass is 496 g/mol. The Kier molecular flexibility index (Phi) is 7.39. The number of amides is 1. The van der Waals surface area contributed by atoms with Crippen molar-refractivity contribution in [1.29, 1.82) is 0 Å². The van der Waals surface area contributed by atoms with Crippen LogP contribution in [-0.4, -0.2) is 57.8 Å². The van der Waals surface area contributed by atoms with Crippen LogP contribution < -0.4 is 10.3 Å². The Balaban J connectivity index is 2.01. The van der Waals surface area contributed by atoms with Crippen molar-refractivity contribution in [2.75, 3.05) is 21.2 Å². The summed E-state index contributed by atoms with van der Waals surface area (Å²) in [7, 11) is 4.55. The summed E-state index contributed by atoms with van der Waals surface area (Å²) in [6.45, 7) is 3.36. The van der Waals surface area contributed by atoms with Gasteiger partial charge < -0.3 is 14.7 Å². The third-order valence-corrected chi connectivity index (χ3v) is 5.59. The van der Waals surface area contributed by atoms with E-state index in [-0.39, 0.29) is 11.7 Å². The van der Waals surface area contributed by atoms with E-state index in [9.17, 15) is 23.5 Å². The van der Waals surface area contributed by atoms with Gasteiger partial charge in [0, 0.05) is 38.1 Å². The zero-order chi connectivity index (χ0) is 25.3. The number of hydrogen-bond acceptors (Lipinski definition) is 7. The average Bonchev–Trinajstić information content (AvgIpc) is 2.77. The molecule has 0 radical (unpaired) electrons. The first kappa shape index (κ1) is 25.3. The van der Waals surface area contributed by atoms with Gasteiger partial charge in [0.25, 0.3) is 11.5 Å². The molecule has 1 N–H and O–H groups in total. The minimum Gasteiger partial charge on any atom is -0.457 e. The number of aryl methyl sites for hydroxylation is 1. The molecule has 2 unspecified atom stereocenters. The highest BCUT2D eigenvalue weighted by Gasteiger charge is 2.29. The van der Waals surface area contributed by atoms with Gasteiger partial charge in [0.1, 0.15) is 28.3 Å². The number of hydroxylamine groups is 2. The first-order chi connectivity index (χ1) is 16.0. The van der Waals surface area contributed by atoms with E-state index in [1.165, 1.54) is 24.8 Å². The minimum absolute atomic E-state index is 0.222. The van der Waals surface area contributed by atoms with Crippen LogP contribution in [0.3, 0.4) is 0 Å². The third kappa shape index (κ3) is 4.81. The number of allylic oxidation sites excluding steroid dienone is 2. The first-order valence-electron chi connectivity index (χ1n) is 9.98. The van der Waals surface area contributed by atoms with Crippen molar-refractivity contribution >= 4 is 23.2 Å². The van der Waals surface area contributed by atoms with E-state index in [0.29, 0.717) is 23.0 Å². The van der Waals surface area contributed by atoms with E-state index in [0.717, 1.165) is 11.3 Å². The Hall–Kier alpha value is -3.28. The van der Waals surface area contributed by atoms with Crippen LogP contribution in [0.4, 0.5) is 8.78 Å². The van der Waals surface area contributed by atoms with E-state index < -0.39 is 40.2 Å². The average molecular weight is 497 g/mol. The van der Waals surface area contributed by atoms with Crippen LogP contribution in [0.1, 0.15) is 24.6 Å². The van der Waals surface area contributed by atoms with Gasteiger partial charge in [0.05, 0.1) is 19.0 Å². The van der Waals surface area contributed by atoms with Crippen molar-refractivity contribution in [3.63, 3.8) is 0 Å². The van der Waals surface area contributed by atoms with Gasteiger partial charge >= 0.3 is 0 Å². The number of carbonyl (C=O) groups is 1. The van der Waals surface area contributed by atoms with E-state index in [2.05, 4.69) is 4.98 Å². The molecule has 34 heavy (non-hydrogen) atoms. The third-order valence-electron chi connectivity index (χ3n) is 5.24. The van der Waals surface area contributed by atoms with Gasteiger partial charge in [-0.15, -0.1) is 0 Å². The largest absolute Gasteiger partial charge is 0.457 e. The SMILES string of the molecule is CON(C)C(=O)C1C=C(n2c(C)cc(OC(O)c3ncc(F)cc3F)c(Cl)c2=O)C(C)=CN1C. The molecule has 9 nitrogen and oxygen atoms in total. The van der Waals surface area contributed by atoms with Crippen LogP contribution in [0.2, 0.25) is 5.02 Å². The molecule has 0 aromatic carbocycles. The van der Waals surface area contributed by atoms with Crippen molar-refractivity contribution in [3.8, 4) is 5.75 Å². The number of pyridine rings is 2. The highest BCUT2D eigenvalue weighted by molar-refractivity contribution is 6.31. The fraction of sp³-hybridized carbons (Fsp3) is 0.318. The normalized spacial score (nSPS) is 16.6. The van der Waals surface area contributed by atoms with E-state index >= 15 is 0 Å². The number of rotatable bonds is 6. The lowest BCUT2D eigenvalue weighted by molar-refractivity contribution is -0.171. The molecule has 0 saturated carbocycles. The van der Waals surface area contributed by atoms with Crippen molar-refractivity contribution < 1.29 is 28.3 Å². The number of nitrogens with zero attached hydrogens (tertiary/aromatic N) is 4. The molecule has 2 aromatic rings. The number of carbonyl (C=O) groups excluding carboxylic acids is 1. The van der Waals surface area contributed by atoms with E-state index in [4.69, 9.17) is 21.2 Å². The maximum Gasteiger partial charge on any atom is 0.277 e. The van der Waals surface area contributed by atoms with Crippen LogP contribution in [-0.2, 0) is 9.63 Å². The molecule has 0 bridgehead atoms. The summed E-state index contributed by atoms with van der Waals surface area (Å²) in [4.78, 5) is 36.0. The molecule has 1 amide bonds. The Morgan fingerprint density at radius 2 is 2.00 bits per heavy atom. The number of hydrogen-bond donors (Lipinski definition) is 1. The van der Waals surface area contributed by atoms with Crippen LogP contribution in [0.5, 0.6) is 5.75 Å². The summed E-state index contributed by atoms with van der Waals surface area (Å²) >= 11 is 6.24. The van der Waals surface area contributed by atoms with Gasteiger partial charge in [0.2, 0.25) is 6.29 Å². The Bertz CT molecular complexity index is 1250. The molecule has 12 heteroatoms. The maximum atomic E-state index is 13.9. The van der Waals surface area contributed by atoms with Crippen LogP contribution in [0.15, 0.2) is 41.0 Å². The van der Waals surface area contributed by atoms with Gasteiger partial charge in [-0.05, 0) is 25.5 Å². The van der Waals surface area contributed by atoms with Crippen molar-refractivity contribution in [2.24, 2.45) is 0 Å². The summed E-state index contributed by atoms with van der Waals surface area (Å²) in [6.07, 6.45) is 2.09. The zero-order valence-electron chi connectivity index (χ0n) is 19.0. The second-order valence-corrected chi connectivity index (χ2v) is 7.97. The van der Waals surface area contributed by atoms with Crippen molar-refractivity contribution in [2.45, 2.75) is 26.2 Å². The summed E-state index contributed by atoms with van der Waals surface area (Å²) in [6, 6.07) is 1.16. The molecule has 2 atom stereocenters. The number of halogens is 3. The highest BCUT2D eigenvalue weighted by Crippen LogP contribution is 2.30. The van der Waals surface area contributed by atoms with E-state index in [1.54, 1.807) is 38.1 Å². The molecule has 0 spiro atoms. The number of ether oxygens (including phenoxy) is 1. The fourth-order valence-electron chi connectivity index (χ4n) is 3.47. The lowest BCUT2D eigenvalue weighted by atomic mass is 10.1. The molecule has 3 heterocycles. The lowest BCUT2D eigenvalue weighted by Gasteiger charge is -2.32. The zero-order valence-corrected chi connectivity index (χ0v) is 19.8. The summed E-state index contributed by atoms with van der Waals surface area (Å²) in [5.74, 6) is -2.63. The number of aromatic nitrogens is 2. The number of aliphatic hydroxyl groups excluding tert-OH is 1. The van der Waals surface area contributed by atoms with Crippen LogP contribution >= 0.6 is 11.6 Å². The molecule has 1 aliphatic heterocycles. The highest BCUT2D eigenvalue weighted by atomic mass is 35.5. The van der Waals surface area contributed by atoms with Gasteiger partial charge in [-0.1, -0.05) is 11.6 Å². The fourth-order valence-corrected chi connectivity index (χ4v) is 3.66. The second kappa shape index (κ2) is 9.92. The molecule has 0 saturated heterocycles. The summed E-state index contributed by atoms with van der Waals surface area (Å²) < 4.78 is 33.6.